The van der Waals surface area contributed by atoms with Gasteiger partial charge in [-0.3, -0.25) is 0 Å². The summed E-state index contributed by atoms with van der Waals surface area (Å²) in [5.74, 6) is 0. The van der Waals surface area contributed by atoms with Crippen LogP contribution in [0, 0.1) is 0 Å². The number of aliphatic hydroxyl groups is 2. The zero-order chi connectivity index (χ0) is 8.43. The van der Waals surface area contributed by atoms with Crippen molar-refractivity contribution in [3.05, 3.63) is 0 Å². The van der Waals surface area contributed by atoms with Crippen molar-refractivity contribution >= 4 is 0 Å². The molecule has 4 heteroatoms. The Morgan fingerprint density at radius 1 is 1.45 bits per heavy atom. The Balaban J connectivity index is 2.51. The van der Waals surface area contributed by atoms with Crippen LogP contribution in [0.1, 0.15) is 13.3 Å². The second-order valence-electron chi connectivity index (χ2n) is 2.84. The highest BCUT2D eigenvalue weighted by atomic mass is 16.6. The Morgan fingerprint density at radius 2 is 2.09 bits per heavy atom. The molecule has 0 aromatic heterocycles. The molecule has 4 nitrogen and oxygen atoms in total. The van der Waals surface area contributed by atoms with Gasteiger partial charge < -0.3 is 19.7 Å². The standard InChI is InChI=1S/C7H14O4/c1-4-3-5(10-2)6(8)7(9)11-4/h4-9H,3H2,1-2H3/t4-,5+,6-,7?/m1/s1. The van der Waals surface area contributed by atoms with Crippen molar-refractivity contribution in [3.8, 4) is 0 Å². The minimum Gasteiger partial charge on any atom is -0.385 e. The molecule has 0 aromatic carbocycles. The van der Waals surface area contributed by atoms with Crippen molar-refractivity contribution in [1.82, 2.24) is 0 Å². The summed E-state index contributed by atoms with van der Waals surface area (Å²) in [7, 11) is 1.51. The van der Waals surface area contributed by atoms with E-state index in [1.54, 1.807) is 0 Å². The molecule has 66 valence electrons. The monoisotopic (exact) mass is 162 g/mol. The average Bonchev–Trinajstić information content (AvgIpc) is 1.96. The summed E-state index contributed by atoms with van der Waals surface area (Å²) in [6.07, 6.45) is -1.78. The van der Waals surface area contributed by atoms with Crippen LogP contribution in [0.5, 0.6) is 0 Å². The first-order valence-electron chi connectivity index (χ1n) is 3.69. The van der Waals surface area contributed by atoms with Crippen molar-refractivity contribution in [2.45, 2.75) is 37.9 Å². The molecule has 0 aliphatic carbocycles. The fourth-order valence-electron chi connectivity index (χ4n) is 1.26. The van der Waals surface area contributed by atoms with Gasteiger partial charge in [-0.2, -0.15) is 0 Å². The first-order valence-corrected chi connectivity index (χ1v) is 3.69. The molecule has 1 fully saturated rings. The average molecular weight is 162 g/mol. The zero-order valence-electron chi connectivity index (χ0n) is 6.73. The molecule has 0 saturated carbocycles. The smallest absolute Gasteiger partial charge is 0.183 e. The SMILES string of the molecule is CO[C@H]1C[C@@H](C)OC(O)[C@@H]1O. The Bertz CT molecular complexity index is 128. The van der Waals surface area contributed by atoms with Crippen molar-refractivity contribution in [3.63, 3.8) is 0 Å². The summed E-state index contributed by atoms with van der Waals surface area (Å²) in [4.78, 5) is 0. The summed E-state index contributed by atoms with van der Waals surface area (Å²) >= 11 is 0. The summed E-state index contributed by atoms with van der Waals surface area (Å²) in [5, 5.41) is 18.4. The van der Waals surface area contributed by atoms with Gasteiger partial charge in [0.2, 0.25) is 0 Å². The third kappa shape index (κ3) is 1.90. The number of hydrogen-bond donors (Lipinski definition) is 2. The van der Waals surface area contributed by atoms with Gasteiger partial charge in [-0.25, -0.2) is 0 Å². The van der Waals surface area contributed by atoms with Crippen LogP contribution in [0.15, 0.2) is 0 Å². The molecule has 0 amide bonds. The van der Waals surface area contributed by atoms with E-state index in [0.29, 0.717) is 6.42 Å². The molecule has 0 bridgehead atoms. The van der Waals surface area contributed by atoms with E-state index in [2.05, 4.69) is 0 Å². The van der Waals surface area contributed by atoms with Crippen LogP contribution in [-0.2, 0) is 9.47 Å². The third-order valence-electron chi connectivity index (χ3n) is 1.91. The molecule has 1 rings (SSSR count). The Hall–Kier alpha value is -0.160. The molecule has 11 heavy (non-hydrogen) atoms. The second-order valence-corrected chi connectivity index (χ2v) is 2.84. The van der Waals surface area contributed by atoms with Gasteiger partial charge in [0.15, 0.2) is 6.29 Å². The molecule has 1 heterocycles. The van der Waals surface area contributed by atoms with Crippen LogP contribution in [0.2, 0.25) is 0 Å². The first-order chi connectivity index (χ1) is 5.15. The van der Waals surface area contributed by atoms with Gasteiger partial charge in [0.05, 0.1) is 12.2 Å². The largest absolute Gasteiger partial charge is 0.385 e. The molecule has 1 unspecified atom stereocenters. The van der Waals surface area contributed by atoms with E-state index in [0.717, 1.165) is 0 Å². The van der Waals surface area contributed by atoms with Crippen LogP contribution in [-0.4, -0.2) is 41.9 Å². The fraction of sp³-hybridized carbons (Fsp3) is 1.00. The van der Waals surface area contributed by atoms with Crippen LogP contribution >= 0.6 is 0 Å². The molecule has 0 radical (unpaired) electrons. The highest BCUT2D eigenvalue weighted by molar-refractivity contribution is 4.79. The molecule has 4 atom stereocenters. The Morgan fingerprint density at radius 3 is 2.64 bits per heavy atom. The van der Waals surface area contributed by atoms with Crippen LogP contribution in [0.3, 0.4) is 0 Å². The first kappa shape index (κ1) is 8.93. The normalized spacial score (nSPS) is 45.8. The quantitative estimate of drug-likeness (QED) is 0.545. The van der Waals surface area contributed by atoms with Crippen LogP contribution in [0.25, 0.3) is 0 Å². The maximum atomic E-state index is 9.26. The van der Waals surface area contributed by atoms with Gasteiger partial charge >= 0.3 is 0 Å². The molecule has 2 N–H and O–H groups in total. The summed E-state index contributed by atoms with van der Waals surface area (Å²) in [6, 6.07) is 0. The topological polar surface area (TPSA) is 58.9 Å². The van der Waals surface area contributed by atoms with E-state index in [1.165, 1.54) is 7.11 Å². The Labute approximate surface area is 65.7 Å². The maximum Gasteiger partial charge on any atom is 0.183 e. The number of ether oxygens (including phenoxy) is 2. The van der Waals surface area contributed by atoms with Gasteiger partial charge in [0.25, 0.3) is 0 Å². The number of hydrogen-bond acceptors (Lipinski definition) is 4. The summed E-state index contributed by atoms with van der Waals surface area (Å²) < 4.78 is 9.91. The molecule has 1 aliphatic rings. The van der Waals surface area contributed by atoms with E-state index in [9.17, 15) is 5.11 Å². The molecular formula is C7H14O4. The van der Waals surface area contributed by atoms with Crippen molar-refractivity contribution in [1.29, 1.82) is 0 Å². The van der Waals surface area contributed by atoms with Gasteiger partial charge in [-0.15, -0.1) is 0 Å². The predicted molar refractivity (Wildman–Crippen MR) is 38.0 cm³/mol. The third-order valence-corrected chi connectivity index (χ3v) is 1.91. The molecule has 0 spiro atoms. The van der Waals surface area contributed by atoms with E-state index in [1.807, 2.05) is 6.92 Å². The highest BCUT2D eigenvalue weighted by Crippen LogP contribution is 2.20. The van der Waals surface area contributed by atoms with E-state index < -0.39 is 12.4 Å². The molecular weight excluding hydrogens is 148 g/mol. The lowest BCUT2D eigenvalue weighted by molar-refractivity contribution is -0.247. The van der Waals surface area contributed by atoms with Crippen molar-refractivity contribution < 1.29 is 19.7 Å². The minimum absolute atomic E-state index is 0.0571. The minimum atomic E-state index is -1.11. The summed E-state index contributed by atoms with van der Waals surface area (Å²) in [5.41, 5.74) is 0. The molecule has 1 aliphatic heterocycles. The van der Waals surface area contributed by atoms with E-state index in [-0.39, 0.29) is 12.2 Å². The van der Waals surface area contributed by atoms with Crippen LogP contribution in [0.4, 0.5) is 0 Å². The van der Waals surface area contributed by atoms with E-state index >= 15 is 0 Å². The number of aliphatic hydroxyl groups excluding tert-OH is 2. The van der Waals surface area contributed by atoms with Gasteiger partial charge in [-0.05, 0) is 6.92 Å². The van der Waals surface area contributed by atoms with Gasteiger partial charge in [0, 0.05) is 13.5 Å². The van der Waals surface area contributed by atoms with E-state index in [4.69, 9.17) is 14.6 Å². The fourth-order valence-corrected chi connectivity index (χ4v) is 1.26. The molecule has 1 saturated heterocycles. The zero-order valence-corrected chi connectivity index (χ0v) is 6.73. The van der Waals surface area contributed by atoms with Crippen molar-refractivity contribution in [2.75, 3.05) is 7.11 Å². The van der Waals surface area contributed by atoms with Gasteiger partial charge in [-0.1, -0.05) is 0 Å². The molecule has 0 aromatic rings. The lowest BCUT2D eigenvalue weighted by Crippen LogP contribution is -2.48. The van der Waals surface area contributed by atoms with Gasteiger partial charge in [0.1, 0.15) is 6.10 Å². The second kappa shape index (κ2) is 3.49. The lowest BCUT2D eigenvalue weighted by atomic mass is 10.0. The maximum absolute atomic E-state index is 9.26. The highest BCUT2D eigenvalue weighted by Gasteiger charge is 2.34. The van der Waals surface area contributed by atoms with Crippen LogP contribution < -0.4 is 0 Å². The predicted octanol–water partition coefficient (Wildman–Crippen LogP) is -0.510. The summed E-state index contributed by atoms with van der Waals surface area (Å²) in [6.45, 7) is 1.83. The lowest BCUT2D eigenvalue weighted by Gasteiger charge is -2.34. The van der Waals surface area contributed by atoms with Crippen molar-refractivity contribution in [2.24, 2.45) is 0 Å². The number of rotatable bonds is 1. The number of methoxy groups -OCH3 is 1. The Kier molecular flexibility index (Phi) is 2.84.